The summed E-state index contributed by atoms with van der Waals surface area (Å²) in [6.07, 6.45) is -0.542. The van der Waals surface area contributed by atoms with Crippen molar-refractivity contribution in [2.24, 2.45) is 5.92 Å². The summed E-state index contributed by atoms with van der Waals surface area (Å²) in [4.78, 5) is 14.5. The van der Waals surface area contributed by atoms with Gasteiger partial charge in [0.2, 0.25) is 10.0 Å². The Morgan fingerprint density at radius 3 is 2.29 bits per heavy atom. The number of urea groups is 1. The number of sulfonamides is 1. The number of para-hydroxylation sites is 1. The third-order valence-electron chi connectivity index (χ3n) is 5.76. The Morgan fingerprint density at radius 1 is 1.12 bits per heavy atom. The van der Waals surface area contributed by atoms with E-state index in [0.717, 1.165) is 5.56 Å². The highest BCUT2D eigenvalue weighted by atomic mass is 32.2. The molecule has 0 aliphatic heterocycles. The second-order valence-corrected chi connectivity index (χ2v) is 10.5. The summed E-state index contributed by atoms with van der Waals surface area (Å²) in [5, 5.41) is 12.2. The van der Waals surface area contributed by atoms with E-state index in [1.54, 1.807) is 37.3 Å². The highest BCUT2D eigenvalue weighted by Gasteiger charge is 2.30. The number of likely N-dealkylation sites (N-methyl/N-ethyl adjacent to an activating group) is 1. The van der Waals surface area contributed by atoms with Crippen molar-refractivity contribution in [3.63, 3.8) is 0 Å². The van der Waals surface area contributed by atoms with Gasteiger partial charge in [0.15, 0.2) is 0 Å². The minimum absolute atomic E-state index is 0.0301. The SMILES string of the molecule is CO[C@H](CN(C)S(=O)(=O)c1ccc(C)cc1)[C@H](C)CN(C(=O)Nc1ccccc1F)[C@@H](C)CO. The Bertz CT molecular complexity index is 1050. The van der Waals surface area contributed by atoms with E-state index in [2.05, 4.69) is 5.32 Å². The van der Waals surface area contributed by atoms with Crippen LogP contribution >= 0.6 is 0 Å². The fourth-order valence-electron chi connectivity index (χ4n) is 3.47. The monoisotopic (exact) mass is 495 g/mol. The maximum Gasteiger partial charge on any atom is 0.322 e. The van der Waals surface area contributed by atoms with Crippen LogP contribution in [0.4, 0.5) is 14.9 Å². The first-order valence-corrected chi connectivity index (χ1v) is 12.4. The molecule has 2 rings (SSSR count). The fraction of sp³-hybridized carbons (Fsp3) is 0.458. The van der Waals surface area contributed by atoms with Gasteiger partial charge in [-0.25, -0.2) is 17.6 Å². The normalized spacial score (nSPS) is 14.5. The minimum atomic E-state index is -3.73. The van der Waals surface area contributed by atoms with Crippen LogP contribution in [0.25, 0.3) is 0 Å². The molecule has 0 aliphatic rings. The molecule has 0 fully saturated rings. The molecule has 2 aromatic rings. The van der Waals surface area contributed by atoms with Crippen LogP contribution in [0.5, 0.6) is 0 Å². The van der Waals surface area contributed by atoms with Gasteiger partial charge in [0.1, 0.15) is 5.82 Å². The summed E-state index contributed by atoms with van der Waals surface area (Å²) >= 11 is 0. The number of carbonyl (C=O) groups is 1. The van der Waals surface area contributed by atoms with Crippen LogP contribution in [0.1, 0.15) is 19.4 Å². The smallest absolute Gasteiger partial charge is 0.322 e. The number of anilines is 1. The lowest BCUT2D eigenvalue weighted by Gasteiger charge is -2.34. The maximum atomic E-state index is 14.0. The van der Waals surface area contributed by atoms with E-state index in [4.69, 9.17) is 4.74 Å². The molecule has 0 spiro atoms. The van der Waals surface area contributed by atoms with Gasteiger partial charge in [-0.2, -0.15) is 4.31 Å². The first-order valence-electron chi connectivity index (χ1n) is 11.0. The highest BCUT2D eigenvalue weighted by molar-refractivity contribution is 7.89. The van der Waals surface area contributed by atoms with Gasteiger partial charge in [0.25, 0.3) is 0 Å². The lowest BCUT2D eigenvalue weighted by Crippen LogP contribution is -2.49. The molecule has 0 unspecified atom stereocenters. The van der Waals surface area contributed by atoms with Crippen molar-refractivity contribution in [3.8, 4) is 0 Å². The van der Waals surface area contributed by atoms with Gasteiger partial charge >= 0.3 is 6.03 Å². The van der Waals surface area contributed by atoms with E-state index in [9.17, 15) is 22.7 Å². The number of aliphatic hydroxyl groups excluding tert-OH is 1. The molecule has 0 saturated heterocycles. The molecule has 188 valence electrons. The van der Waals surface area contributed by atoms with Gasteiger partial charge in [-0.15, -0.1) is 0 Å². The molecule has 8 nitrogen and oxygen atoms in total. The molecule has 0 heterocycles. The summed E-state index contributed by atoms with van der Waals surface area (Å²) in [6, 6.07) is 11.3. The van der Waals surface area contributed by atoms with Crippen molar-refractivity contribution in [2.75, 3.05) is 39.2 Å². The highest BCUT2D eigenvalue weighted by Crippen LogP contribution is 2.20. The fourth-order valence-corrected chi connectivity index (χ4v) is 4.65. The number of aliphatic hydroxyl groups is 1. The minimum Gasteiger partial charge on any atom is -0.394 e. The van der Waals surface area contributed by atoms with Crippen molar-refractivity contribution < 1.29 is 27.4 Å². The topological polar surface area (TPSA) is 99.2 Å². The van der Waals surface area contributed by atoms with Crippen LogP contribution in [0, 0.1) is 18.7 Å². The van der Waals surface area contributed by atoms with Crippen LogP contribution in [0.2, 0.25) is 0 Å². The number of rotatable bonds is 11. The molecule has 2 amide bonds. The molecule has 0 bridgehead atoms. The van der Waals surface area contributed by atoms with Crippen LogP contribution in [0.3, 0.4) is 0 Å². The Labute approximate surface area is 201 Å². The molecule has 0 saturated carbocycles. The van der Waals surface area contributed by atoms with Crippen LogP contribution in [-0.4, -0.2) is 74.8 Å². The van der Waals surface area contributed by atoms with E-state index in [-0.39, 0.29) is 36.2 Å². The van der Waals surface area contributed by atoms with Crippen molar-refractivity contribution in [1.29, 1.82) is 0 Å². The van der Waals surface area contributed by atoms with E-state index < -0.39 is 34.0 Å². The number of ether oxygens (including phenoxy) is 1. The van der Waals surface area contributed by atoms with E-state index in [0.29, 0.717) is 0 Å². The predicted octanol–water partition coefficient (Wildman–Crippen LogP) is 3.32. The second kappa shape index (κ2) is 12.3. The molecule has 10 heteroatoms. The quantitative estimate of drug-likeness (QED) is 0.498. The number of nitrogens with one attached hydrogen (secondary N) is 1. The first kappa shape index (κ1) is 27.7. The molecule has 0 aromatic heterocycles. The summed E-state index contributed by atoms with van der Waals surface area (Å²) in [7, 11) is -0.769. The molecule has 2 aromatic carbocycles. The zero-order chi connectivity index (χ0) is 25.5. The predicted molar refractivity (Wildman–Crippen MR) is 130 cm³/mol. The summed E-state index contributed by atoms with van der Waals surface area (Å²) in [6.45, 7) is 5.29. The molecule has 34 heavy (non-hydrogen) atoms. The Balaban J connectivity index is 2.14. The summed E-state index contributed by atoms with van der Waals surface area (Å²) in [5.41, 5.74) is 0.985. The van der Waals surface area contributed by atoms with E-state index in [1.807, 2.05) is 13.8 Å². The van der Waals surface area contributed by atoms with E-state index in [1.165, 1.54) is 41.6 Å². The van der Waals surface area contributed by atoms with Gasteiger partial charge in [0.05, 0.1) is 29.3 Å². The van der Waals surface area contributed by atoms with Crippen LogP contribution < -0.4 is 5.32 Å². The molecular formula is C24H34FN3O5S. The number of benzene rings is 2. The van der Waals surface area contributed by atoms with Crippen molar-refractivity contribution >= 4 is 21.7 Å². The van der Waals surface area contributed by atoms with Crippen LogP contribution in [-0.2, 0) is 14.8 Å². The summed E-state index contributed by atoms with van der Waals surface area (Å²) < 4.78 is 46.7. The first-order chi connectivity index (χ1) is 16.0. The standard InChI is InChI=1S/C24H34FN3O5S/c1-17-10-12-20(13-11-17)34(31,32)27(4)15-23(33-5)18(2)14-28(19(3)16-29)24(30)26-22-9-7-6-8-21(22)25/h6-13,18-19,23,29H,14-16H2,1-5H3,(H,26,30)/t18-,19+,23-/m1/s1. The number of methoxy groups -OCH3 is 1. The molecule has 0 aliphatic carbocycles. The zero-order valence-electron chi connectivity index (χ0n) is 20.2. The molecule has 2 N–H and O–H groups in total. The van der Waals surface area contributed by atoms with E-state index >= 15 is 0 Å². The largest absolute Gasteiger partial charge is 0.394 e. The van der Waals surface area contributed by atoms with Gasteiger partial charge in [0, 0.05) is 33.2 Å². The second-order valence-electron chi connectivity index (χ2n) is 8.44. The zero-order valence-corrected chi connectivity index (χ0v) is 21.0. The van der Waals surface area contributed by atoms with Gasteiger partial charge in [-0.3, -0.25) is 0 Å². The van der Waals surface area contributed by atoms with Crippen molar-refractivity contribution in [3.05, 3.63) is 59.9 Å². The Morgan fingerprint density at radius 2 is 1.74 bits per heavy atom. The van der Waals surface area contributed by atoms with Crippen molar-refractivity contribution in [2.45, 2.75) is 37.8 Å². The number of hydrogen-bond acceptors (Lipinski definition) is 5. The van der Waals surface area contributed by atoms with Gasteiger partial charge < -0.3 is 20.1 Å². The number of carbonyl (C=O) groups excluding carboxylic acids is 1. The Hall–Kier alpha value is -2.53. The lowest BCUT2D eigenvalue weighted by molar-refractivity contribution is 0.0305. The number of hydrogen-bond donors (Lipinski definition) is 2. The number of halogens is 1. The Kier molecular flexibility index (Phi) is 9.99. The third kappa shape index (κ3) is 6.99. The van der Waals surface area contributed by atoms with Gasteiger partial charge in [-0.1, -0.05) is 36.8 Å². The van der Waals surface area contributed by atoms with Gasteiger partial charge in [-0.05, 0) is 38.1 Å². The number of aryl methyl sites for hydroxylation is 1. The molecule has 3 atom stereocenters. The number of amides is 2. The molecular weight excluding hydrogens is 461 g/mol. The summed E-state index contributed by atoms with van der Waals surface area (Å²) in [5.74, 6) is -0.876. The third-order valence-corrected chi connectivity index (χ3v) is 7.60. The average Bonchev–Trinajstić information content (AvgIpc) is 2.81. The average molecular weight is 496 g/mol. The lowest BCUT2D eigenvalue weighted by atomic mass is 10.0. The molecule has 0 radical (unpaired) electrons. The van der Waals surface area contributed by atoms with Crippen molar-refractivity contribution in [1.82, 2.24) is 9.21 Å². The maximum absolute atomic E-state index is 14.0. The number of nitrogens with zero attached hydrogens (tertiary/aromatic N) is 2. The van der Waals surface area contributed by atoms with Crippen LogP contribution in [0.15, 0.2) is 53.4 Å².